The Morgan fingerprint density at radius 3 is 2.12 bits per heavy atom. The number of carbonyl (C=O) groups excluding carboxylic acids is 1. The van der Waals surface area contributed by atoms with Crippen LogP contribution in [-0.4, -0.2) is 36.5 Å². The summed E-state index contributed by atoms with van der Waals surface area (Å²) in [6, 6.07) is 10.6. The van der Waals surface area contributed by atoms with Gasteiger partial charge < -0.3 is 10.5 Å². The quantitative estimate of drug-likeness (QED) is 0.642. The van der Waals surface area contributed by atoms with E-state index in [0.717, 1.165) is 5.56 Å². The zero-order chi connectivity index (χ0) is 23.5. The zero-order valence-corrected chi connectivity index (χ0v) is 16.9. The van der Waals surface area contributed by atoms with Crippen molar-refractivity contribution >= 4 is 5.91 Å². The third-order valence-corrected chi connectivity index (χ3v) is 5.35. The fourth-order valence-electron chi connectivity index (χ4n) is 3.89. The average molecular weight is 460 g/mol. The summed E-state index contributed by atoms with van der Waals surface area (Å²) < 4.78 is 84.5. The van der Waals surface area contributed by atoms with Crippen molar-refractivity contribution in [1.29, 1.82) is 0 Å². The molecule has 0 radical (unpaired) electrons. The van der Waals surface area contributed by atoms with Crippen LogP contribution in [-0.2, 0) is 28.5 Å². The van der Waals surface area contributed by atoms with E-state index in [1.807, 2.05) is 35.2 Å². The van der Waals surface area contributed by atoms with Crippen LogP contribution in [0.3, 0.4) is 0 Å². The molecule has 10 heteroatoms. The molecule has 174 valence electrons. The Bertz CT molecular complexity index is 898. The molecule has 1 fully saturated rings. The molecule has 0 aromatic heterocycles. The Hall–Kier alpha value is -2.59. The summed E-state index contributed by atoms with van der Waals surface area (Å²) in [5, 5.41) is 0. The van der Waals surface area contributed by atoms with Crippen LogP contribution in [0.1, 0.15) is 34.6 Å². The first kappa shape index (κ1) is 24.1. The van der Waals surface area contributed by atoms with Gasteiger partial charge in [0.15, 0.2) is 0 Å². The number of hydrogen-bond acceptors (Lipinski definition) is 3. The van der Waals surface area contributed by atoms with Crippen LogP contribution in [0.25, 0.3) is 0 Å². The number of halogens is 6. The lowest BCUT2D eigenvalue weighted by molar-refractivity contribution is -0.143. The molecule has 3 rings (SSSR count). The van der Waals surface area contributed by atoms with E-state index in [4.69, 9.17) is 10.5 Å². The van der Waals surface area contributed by atoms with E-state index < -0.39 is 42.1 Å². The summed E-state index contributed by atoms with van der Waals surface area (Å²) in [6.07, 6.45) is -9.84. The van der Waals surface area contributed by atoms with Crippen LogP contribution in [0.5, 0.6) is 0 Å². The smallest absolute Gasteiger partial charge is 0.373 e. The number of likely N-dealkylation sites (tertiary alicyclic amines) is 1. The number of amides is 1. The zero-order valence-electron chi connectivity index (χ0n) is 16.9. The Balaban J connectivity index is 1.82. The van der Waals surface area contributed by atoms with Gasteiger partial charge in [0, 0.05) is 19.0 Å². The van der Waals surface area contributed by atoms with Crippen molar-refractivity contribution in [2.24, 2.45) is 5.73 Å². The third kappa shape index (κ3) is 6.23. The van der Waals surface area contributed by atoms with E-state index in [2.05, 4.69) is 0 Å². The first-order chi connectivity index (χ1) is 14.9. The molecule has 2 aromatic rings. The van der Waals surface area contributed by atoms with Crippen molar-refractivity contribution in [2.45, 2.75) is 37.4 Å². The number of primary amides is 1. The minimum absolute atomic E-state index is 0.0542. The molecular weight excluding hydrogens is 438 g/mol. The largest absolute Gasteiger partial charge is 0.416 e. The van der Waals surface area contributed by atoms with Crippen LogP contribution in [0, 0.1) is 0 Å². The first-order valence-electron chi connectivity index (χ1n) is 9.89. The minimum Gasteiger partial charge on any atom is -0.373 e. The van der Waals surface area contributed by atoms with E-state index in [0.29, 0.717) is 31.6 Å². The molecular formula is C22H22F6N2O2. The molecule has 0 aliphatic carbocycles. The molecule has 4 nitrogen and oxygen atoms in total. The molecule has 0 saturated carbocycles. The van der Waals surface area contributed by atoms with Gasteiger partial charge in [-0.25, -0.2) is 0 Å². The standard InChI is InChI=1S/C22H22F6N2O2/c23-21(24,25)16-8-14(9-17(10-16)22(26,27)28)13-32-19-6-7-30(12-20(29)31)11-18(19)15-4-2-1-3-5-15/h1-5,8-10,18-19H,6-7,11-13H2,(H2,29,31)/t18-,19-/m1/s1. The van der Waals surface area contributed by atoms with Gasteiger partial charge in [-0.2, -0.15) is 26.3 Å². The maximum atomic E-state index is 13.1. The number of piperidine rings is 1. The molecule has 1 aliphatic rings. The Morgan fingerprint density at radius 1 is 1.00 bits per heavy atom. The fraction of sp³-hybridized carbons (Fsp3) is 0.409. The van der Waals surface area contributed by atoms with E-state index >= 15 is 0 Å². The van der Waals surface area contributed by atoms with Gasteiger partial charge in [-0.15, -0.1) is 0 Å². The Kier molecular flexibility index (Phi) is 7.14. The highest BCUT2D eigenvalue weighted by molar-refractivity contribution is 5.75. The second-order valence-electron chi connectivity index (χ2n) is 7.77. The molecule has 2 N–H and O–H groups in total. The third-order valence-electron chi connectivity index (χ3n) is 5.35. The SMILES string of the molecule is NC(=O)CN1CC[C@@H](OCc2cc(C(F)(F)F)cc(C(F)(F)F)c2)[C@@H](c2ccccc2)C1. The van der Waals surface area contributed by atoms with Crippen molar-refractivity contribution in [3.05, 3.63) is 70.8 Å². The number of nitrogens with zero attached hydrogens (tertiary/aromatic N) is 1. The summed E-state index contributed by atoms with van der Waals surface area (Å²) in [6.45, 7) is 0.538. The number of hydrogen-bond donors (Lipinski definition) is 1. The van der Waals surface area contributed by atoms with Gasteiger partial charge in [0.2, 0.25) is 5.91 Å². The van der Waals surface area contributed by atoms with Gasteiger partial charge in [0.05, 0.1) is 30.4 Å². The molecule has 1 aliphatic heterocycles. The maximum absolute atomic E-state index is 13.1. The van der Waals surface area contributed by atoms with Gasteiger partial charge >= 0.3 is 12.4 Å². The predicted molar refractivity (Wildman–Crippen MR) is 104 cm³/mol. The number of ether oxygens (including phenoxy) is 1. The van der Waals surface area contributed by atoms with Gasteiger partial charge in [-0.05, 0) is 35.7 Å². The normalized spacial score (nSPS) is 20.3. The minimum atomic E-state index is -4.91. The number of carbonyl (C=O) groups is 1. The molecule has 0 spiro atoms. The van der Waals surface area contributed by atoms with E-state index in [1.54, 1.807) is 0 Å². The van der Waals surface area contributed by atoms with Crippen molar-refractivity contribution in [3.63, 3.8) is 0 Å². The first-order valence-corrected chi connectivity index (χ1v) is 9.89. The van der Waals surface area contributed by atoms with Gasteiger partial charge in [-0.3, -0.25) is 9.69 Å². The average Bonchev–Trinajstić information content (AvgIpc) is 2.71. The summed E-state index contributed by atoms with van der Waals surface area (Å²) >= 11 is 0. The number of nitrogens with two attached hydrogens (primary N) is 1. The molecule has 2 aromatic carbocycles. The molecule has 0 bridgehead atoms. The van der Waals surface area contributed by atoms with Crippen molar-refractivity contribution in [1.82, 2.24) is 4.90 Å². The second-order valence-corrected chi connectivity index (χ2v) is 7.77. The summed E-state index contributed by atoms with van der Waals surface area (Å²) in [4.78, 5) is 13.1. The summed E-state index contributed by atoms with van der Waals surface area (Å²) in [5.41, 5.74) is 3.22. The molecule has 32 heavy (non-hydrogen) atoms. The van der Waals surface area contributed by atoms with E-state index in [9.17, 15) is 31.1 Å². The number of benzene rings is 2. The predicted octanol–water partition coefficient (Wildman–Crippen LogP) is 4.58. The Labute approximate surface area is 181 Å². The van der Waals surface area contributed by atoms with Crippen molar-refractivity contribution in [2.75, 3.05) is 19.6 Å². The highest BCUT2D eigenvalue weighted by Crippen LogP contribution is 2.37. The van der Waals surface area contributed by atoms with E-state index in [1.165, 1.54) is 0 Å². The van der Waals surface area contributed by atoms with Crippen LogP contribution >= 0.6 is 0 Å². The maximum Gasteiger partial charge on any atom is 0.416 e. The van der Waals surface area contributed by atoms with Gasteiger partial charge in [0.1, 0.15) is 0 Å². The second kappa shape index (κ2) is 9.50. The van der Waals surface area contributed by atoms with Crippen molar-refractivity contribution in [3.8, 4) is 0 Å². The summed E-state index contributed by atoms with van der Waals surface area (Å²) in [7, 11) is 0. The highest BCUT2D eigenvalue weighted by atomic mass is 19.4. The van der Waals surface area contributed by atoms with E-state index in [-0.39, 0.29) is 24.1 Å². The lowest BCUT2D eigenvalue weighted by atomic mass is 9.87. The van der Waals surface area contributed by atoms with Crippen LogP contribution in [0.15, 0.2) is 48.5 Å². The highest BCUT2D eigenvalue weighted by Gasteiger charge is 2.37. The molecule has 1 saturated heterocycles. The lowest BCUT2D eigenvalue weighted by Gasteiger charge is -2.38. The molecule has 0 unspecified atom stereocenters. The number of alkyl halides is 6. The Morgan fingerprint density at radius 2 is 1.59 bits per heavy atom. The lowest BCUT2D eigenvalue weighted by Crippen LogP contribution is -2.46. The molecule has 1 heterocycles. The molecule has 2 atom stereocenters. The van der Waals surface area contributed by atoms with Crippen molar-refractivity contribution < 1.29 is 35.9 Å². The topological polar surface area (TPSA) is 55.6 Å². The van der Waals surface area contributed by atoms with Crippen LogP contribution < -0.4 is 5.73 Å². The van der Waals surface area contributed by atoms with Crippen LogP contribution in [0.4, 0.5) is 26.3 Å². The molecule has 1 amide bonds. The number of rotatable bonds is 6. The van der Waals surface area contributed by atoms with Crippen LogP contribution in [0.2, 0.25) is 0 Å². The van der Waals surface area contributed by atoms with Gasteiger partial charge in [0.25, 0.3) is 0 Å². The fourth-order valence-corrected chi connectivity index (χ4v) is 3.89. The summed E-state index contributed by atoms with van der Waals surface area (Å²) in [5.74, 6) is -0.711. The monoisotopic (exact) mass is 460 g/mol. The van der Waals surface area contributed by atoms with Gasteiger partial charge in [-0.1, -0.05) is 30.3 Å².